The van der Waals surface area contributed by atoms with Crippen molar-refractivity contribution < 1.29 is 12.8 Å². The predicted octanol–water partition coefficient (Wildman–Crippen LogP) is 2.66. The van der Waals surface area contributed by atoms with Crippen molar-refractivity contribution >= 4 is 31.6 Å². The molecule has 5 nitrogen and oxygen atoms in total. The lowest BCUT2D eigenvalue weighted by Gasteiger charge is -2.09. The highest BCUT2D eigenvalue weighted by Crippen LogP contribution is 2.24. The molecule has 0 aliphatic heterocycles. The molecule has 0 unspecified atom stereocenters. The van der Waals surface area contributed by atoms with Gasteiger partial charge in [0, 0.05) is 10.7 Å². The number of nitriles is 1. The number of aromatic nitrogens is 1. The molecule has 0 aliphatic rings. The Morgan fingerprint density at radius 2 is 2.10 bits per heavy atom. The van der Waals surface area contributed by atoms with Gasteiger partial charge in [-0.2, -0.15) is 13.7 Å². The number of benzene rings is 1. The van der Waals surface area contributed by atoms with Crippen molar-refractivity contribution in [3.63, 3.8) is 0 Å². The van der Waals surface area contributed by atoms with Gasteiger partial charge in [-0.05, 0) is 30.3 Å². The largest absolute Gasteiger partial charge is 0.282 e. The zero-order valence-corrected chi connectivity index (χ0v) is 12.2. The molecule has 1 N–H and O–H groups in total. The SMILES string of the molecule is N#Cc1ccc(Br)cc1NS(=O)(=O)c1ncccc1F. The van der Waals surface area contributed by atoms with E-state index in [2.05, 4.69) is 25.6 Å². The normalized spacial score (nSPS) is 10.8. The van der Waals surface area contributed by atoms with Crippen molar-refractivity contribution in [3.05, 3.63) is 52.4 Å². The van der Waals surface area contributed by atoms with Crippen LogP contribution in [0.2, 0.25) is 0 Å². The molecule has 0 aliphatic carbocycles. The number of hydrogen-bond acceptors (Lipinski definition) is 4. The number of rotatable bonds is 3. The van der Waals surface area contributed by atoms with E-state index >= 15 is 0 Å². The first-order valence-electron chi connectivity index (χ1n) is 5.27. The van der Waals surface area contributed by atoms with Gasteiger partial charge in [-0.1, -0.05) is 15.9 Å². The van der Waals surface area contributed by atoms with E-state index in [4.69, 9.17) is 5.26 Å². The van der Waals surface area contributed by atoms with Gasteiger partial charge >= 0.3 is 0 Å². The first-order chi connectivity index (χ1) is 9.44. The quantitative estimate of drug-likeness (QED) is 0.917. The zero-order valence-electron chi connectivity index (χ0n) is 9.84. The Kier molecular flexibility index (Phi) is 4.01. The number of anilines is 1. The fraction of sp³-hybridized carbons (Fsp3) is 0. The maximum Gasteiger partial charge on any atom is 0.282 e. The van der Waals surface area contributed by atoms with E-state index in [1.54, 1.807) is 6.07 Å². The number of hydrogen-bond donors (Lipinski definition) is 1. The molecule has 2 rings (SSSR count). The first-order valence-corrected chi connectivity index (χ1v) is 7.54. The minimum atomic E-state index is -4.20. The monoisotopic (exact) mass is 355 g/mol. The number of sulfonamides is 1. The molecule has 1 heterocycles. The molecule has 0 amide bonds. The van der Waals surface area contributed by atoms with Crippen molar-refractivity contribution in [1.82, 2.24) is 4.98 Å². The summed E-state index contributed by atoms with van der Waals surface area (Å²) in [4.78, 5) is 3.50. The Morgan fingerprint density at radius 3 is 2.75 bits per heavy atom. The van der Waals surface area contributed by atoms with Crippen LogP contribution < -0.4 is 4.72 Å². The molecule has 1 aromatic carbocycles. The van der Waals surface area contributed by atoms with Crippen LogP contribution >= 0.6 is 15.9 Å². The fourth-order valence-corrected chi connectivity index (χ4v) is 2.90. The van der Waals surface area contributed by atoms with E-state index < -0.39 is 20.9 Å². The number of pyridine rings is 1. The Balaban J connectivity index is 2.47. The van der Waals surface area contributed by atoms with Gasteiger partial charge in [-0.3, -0.25) is 4.72 Å². The zero-order chi connectivity index (χ0) is 14.8. The van der Waals surface area contributed by atoms with E-state index in [9.17, 15) is 12.8 Å². The van der Waals surface area contributed by atoms with E-state index in [-0.39, 0.29) is 11.3 Å². The van der Waals surface area contributed by atoms with Gasteiger partial charge in [-0.25, -0.2) is 9.37 Å². The van der Waals surface area contributed by atoms with Crippen molar-refractivity contribution in [2.24, 2.45) is 0 Å². The summed E-state index contributed by atoms with van der Waals surface area (Å²) < 4.78 is 40.4. The summed E-state index contributed by atoms with van der Waals surface area (Å²) in [5.74, 6) is -0.964. The van der Waals surface area contributed by atoms with E-state index in [1.165, 1.54) is 24.4 Å². The van der Waals surface area contributed by atoms with Gasteiger partial charge in [-0.15, -0.1) is 0 Å². The molecule has 0 bridgehead atoms. The van der Waals surface area contributed by atoms with Crippen LogP contribution in [-0.2, 0) is 10.0 Å². The summed E-state index contributed by atoms with van der Waals surface area (Å²) in [5.41, 5.74) is 0.167. The maximum absolute atomic E-state index is 13.5. The Labute approximate surface area is 123 Å². The van der Waals surface area contributed by atoms with Crippen LogP contribution in [-0.4, -0.2) is 13.4 Å². The molecular weight excluding hydrogens is 349 g/mol. The first kappa shape index (κ1) is 14.4. The highest BCUT2D eigenvalue weighted by Gasteiger charge is 2.21. The summed E-state index contributed by atoms with van der Waals surface area (Å²) in [6, 6.07) is 8.58. The smallest absolute Gasteiger partial charge is 0.277 e. The lowest BCUT2D eigenvalue weighted by Crippen LogP contribution is -2.16. The minimum Gasteiger partial charge on any atom is -0.277 e. The lowest BCUT2D eigenvalue weighted by molar-refractivity contribution is 0.557. The number of halogens is 2. The Bertz CT molecular complexity index is 803. The molecule has 102 valence electrons. The summed E-state index contributed by atoms with van der Waals surface area (Å²) in [5, 5.41) is 8.22. The molecule has 0 spiro atoms. The van der Waals surface area contributed by atoms with Crippen LogP contribution in [0.5, 0.6) is 0 Å². The fourth-order valence-electron chi connectivity index (χ4n) is 1.46. The molecule has 20 heavy (non-hydrogen) atoms. The molecule has 0 radical (unpaired) electrons. The van der Waals surface area contributed by atoms with Crippen LogP contribution in [0.4, 0.5) is 10.1 Å². The van der Waals surface area contributed by atoms with Gasteiger partial charge in [0.05, 0.1) is 11.3 Å². The summed E-state index contributed by atoms with van der Waals surface area (Å²) in [6.45, 7) is 0. The standard InChI is InChI=1S/C12H7BrFN3O2S/c13-9-4-3-8(7-15)11(6-9)17-20(18,19)12-10(14)2-1-5-16-12/h1-6,17H. The molecule has 1 aromatic heterocycles. The van der Waals surface area contributed by atoms with E-state index in [0.717, 1.165) is 6.07 Å². The lowest BCUT2D eigenvalue weighted by atomic mass is 10.2. The summed E-state index contributed by atoms with van der Waals surface area (Å²) in [6.07, 6.45) is 1.17. The van der Waals surface area contributed by atoms with Crippen molar-refractivity contribution in [2.75, 3.05) is 4.72 Å². The topological polar surface area (TPSA) is 82.9 Å². The Hall–Kier alpha value is -1.98. The predicted molar refractivity (Wildman–Crippen MR) is 73.9 cm³/mol. The van der Waals surface area contributed by atoms with Gasteiger partial charge < -0.3 is 0 Å². The highest BCUT2D eigenvalue weighted by atomic mass is 79.9. The summed E-state index contributed by atoms with van der Waals surface area (Å²) in [7, 11) is -4.20. The van der Waals surface area contributed by atoms with Crippen LogP contribution in [0.1, 0.15) is 5.56 Å². The Morgan fingerprint density at radius 1 is 1.35 bits per heavy atom. The van der Waals surface area contributed by atoms with Gasteiger partial charge in [0.1, 0.15) is 6.07 Å². The summed E-state index contributed by atoms with van der Waals surface area (Å²) >= 11 is 3.17. The minimum absolute atomic E-state index is 0.0481. The van der Waals surface area contributed by atoms with Gasteiger partial charge in [0.15, 0.2) is 5.82 Å². The molecule has 0 atom stereocenters. The van der Waals surface area contributed by atoms with Gasteiger partial charge in [0.2, 0.25) is 5.03 Å². The number of nitrogens with zero attached hydrogens (tertiary/aromatic N) is 2. The highest BCUT2D eigenvalue weighted by molar-refractivity contribution is 9.10. The molecule has 0 fully saturated rings. The average molecular weight is 356 g/mol. The van der Waals surface area contributed by atoms with Crippen LogP contribution in [0.3, 0.4) is 0 Å². The van der Waals surface area contributed by atoms with Crippen molar-refractivity contribution in [2.45, 2.75) is 5.03 Å². The second-order valence-electron chi connectivity index (χ2n) is 3.70. The third-order valence-electron chi connectivity index (χ3n) is 2.33. The van der Waals surface area contributed by atoms with Crippen molar-refractivity contribution in [1.29, 1.82) is 5.26 Å². The maximum atomic E-state index is 13.5. The van der Waals surface area contributed by atoms with Crippen molar-refractivity contribution in [3.8, 4) is 6.07 Å². The van der Waals surface area contributed by atoms with Gasteiger partial charge in [0.25, 0.3) is 10.0 Å². The van der Waals surface area contributed by atoms with E-state index in [1.807, 2.05) is 6.07 Å². The molecule has 2 aromatic rings. The third kappa shape index (κ3) is 2.95. The van der Waals surface area contributed by atoms with Crippen LogP contribution in [0.25, 0.3) is 0 Å². The van der Waals surface area contributed by atoms with Crippen LogP contribution in [0.15, 0.2) is 46.0 Å². The second kappa shape index (κ2) is 5.56. The average Bonchev–Trinajstić information content (AvgIpc) is 2.39. The third-order valence-corrected chi connectivity index (χ3v) is 4.12. The molecule has 0 saturated carbocycles. The molecule has 0 saturated heterocycles. The second-order valence-corrected chi connectivity index (χ2v) is 6.21. The van der Waals surface area contributed by atoms with E-state index in [0.29, 0.717) is 4.47 Å². The molecule has 8 heteroatoms. The number of nitrogens with one attached hydrogen (secondary N) is 1. The van der Waals surface area contributed by atoms with Crippen LogP contribution in [0, 0.1) is 17.1 Å². The molecular formula is C12H7BrFN3O2S.